The third-order valence-electron chi connectivity index (χ3n) is 4.19. The van der Waals surface area contributed by atoms with Gasteiger partial charge in [-0.3, -0.25) is 9.59 Å². The molecule has 0 aliphatic rings. The highest BCUT2D eigenvalue weighted by molar-refractivity contribution is 6.36. The molecule has 0 aromatic heterocycles. The molecule has 6 heteroatoms. The summed E-state index contributed by atoms with van der Waals surface area (Å²) in [5.41, 5.74) is 3.21. The van der Waals surface area contributed by atoms with Crippen LogP contribution in [0.2, 0.25) is 10.0 Å². The number of nitrogens with one attached hydrogen (secondary N) is 2. The second kappa shape index (κ2) is 8.56. The van der Waals surface area contributed by atoms with Gasteiger partial charge in [0.15, 0.2) is 0 Å². The minimum Gasteiger partial charge on any atom is -0.340 e. The maximum Gasteiger partial charge on any atom is 0.253 e. The van der Waals surface area contributed by atoms with Gasteiger partial charge >= 0.3 is 0 Å². The molecule has 0 unspecified atom stereocenters. The van der Waals surface area contributed by atoms with Crippen LogP contribution in [-0.2, 0) is 4.79 Å². The summed E-state index contributed by atoms with van der Waals surface area (Å²) < 4.78 is 0. The number of rotatable bonds is 5. The predicted octanol–water partition coefficient (Wildman–Crippen LogP) is 5.00. The SMILES string of the molecule is Cc1ccc(NC(=O)[C@@H](NC(=O)c2ccc(Cl)cc2Cl)C(C)C)cc1C. The lowest BCUT2D eigenvalue weighted by Crippen LogP contribution is -2.47. The molecule has 138 valence electrons. The zero-order valence-electron chi connectivity index (χ0n) is 15.2. The molecule has 0 bridgehead atoms. The Kier molecular flexibility index (Phi) is 6.68. The maximum absolute atomic E-state index is 12.7. The van der Waals surface area contributed by atoms with Gasteiger partial charge in [0.1, 0.15) is 6.04 Å². The van der Waals surface area contributed by atoms with Crippen LogP contribution in [0.25, 0.3) is 0 Å². The van der Waals surface area contributed by atoms with Crippen molar-refractivity contribution in [1.82, 2.24) is 5.32 Å². The zero-order chi connectivity index (χ0) is 19.4. The molecule has 0 fully saturated rings. The molecule has 0 spiro atoms. The molecule has 0 aliphatic heterocycles. The third-order valence-corrected chi connectivity index (χ3v) is 4.73. The molecule has 2 aromatic carbocycles. The summed E-state index contributed by atoms with van der Waals surface area (Å²) in [6, 6.07) is 9.62. The molecular weight excluding hydrogens is 371 g/mol. The summed E-state index contributed by atoms with van der Waals surface area (Å²) in [4.78, 5) is 25.2. The Balaban J connectivity index is 2.15. The minimum absolute atomic E-state index is 0.100. The van der Waals surface area contributed by atoms with Crippen LogP contribution >= 0.6 is 23.2 Å². The average molecular weight is 393 g/mol. The number of carbonyl (C=O) groups is 2. The number of benzene rings is 2. The Morgan fingerprint density at radius 2 is 1.65 bits per heavy atom. The quantitative estimate of drug-likeness (QED) is 0.751. The van der Waals surface area contributed by atoms with Crippen LogP contribution in [0.15, 0.2) is 36.4 Å². The first-order chi connectivity index (χ1) is 12.2. The van der Waals surface area contributed by atoms with Crippen LogP contribution in [0.4, 0.5) is 5.69 Å². The fraction of sp³-hybridized carbons (Fsp3) is 0.300. The van der Waals surface area contributed by atoms with E-state index in [1.54, 1.807) is 12.1 Å². The van der Waals surface area contributed by atoms with Crippen LogP contribution in [0.5, 0.6) is 0 Å². The van der Waals surface area contributed by atoms with E-state index in [1.165, 1.54) is 6.07 Å². The molecule has 4 nitrogen and oxygen atoms in total. The van der Waals surface area contributed by atoms with Crippen molar-refractivity contribution in [3.05, 3.63) is 63.1 Å². The Morgan fingerprint density at radius 3 is 2.23 bits per heavy atom. The van der Waals surface area contributed by atoms with Crippen molar-refractivity contribution in [2.75, 3.05) is 5.32 Å². The molecule has 26 heavy (non-hydrogen) atoms. The normalized spacial score (nSPS) is 12.0. The summed E-state index contributed by atoms with van der Waals surface area (Å²) >= 11 is 11.9. The van der Waals surface area contributed by atoms with Crippen LogP contribution in [0, 0.1) is 19.8 Å². The zero-order valence-corrected chi connectivity index (χ0v) is 16.7. The first kappa shape index (κ1) is 20.3. The summed E-state index contributed by atoms with van der Waals surface area (Å²) in [6.07, 6.45) is 0. The lowest BCUT2D eigenvalue weighted by Gasteiger charge is -2.22. The minimum atomic E-state index is -0.698. The van der Waals surface area contributed by atoms with Crippen LogP contribution in [-0.4, -0.2) is 17.9 Å². The third kappa shape index (κ3) is 4.99. The Morgan fingerprint density at radius 1 is 0.962 bits per heavy atom. The highest BCUT2D eigenvalue weighted by atomic mass is 35.5. The lowest BCUT2D eigenvalue weighted by molar-refractivity contribution is -0.118. The van der Waals surface area contributed by atoms with E-state index >= 15 is 0 Å². The van der Waals surface area contributed by atoms with Crippen LogP contribution in [0.3, 0.4) is 0 Å². The topological polar surface area (TPSA) is 58.2 Å². The number of hydrogen-bond donors (Lipinski definition) is 2. The van der Waals surface area contributed by atoms with Gasteiger partial charge < -0.3 is 10.6 Å². The Labute approximate surface area is 163 Å². The number of hydrogen-bond acceptors (Lipinski definition) is 2. The molecule has 0 radical (unpaired) electrons. The standard InChI is InChI=1S/C20H22Cl2N2O2/c1-11(2)18(20(26)23-15-7-5-12(3)13(4)9-15)24-19(25)16-8-6-14(21)10-17(16)22/h5-11,18H,1-4H3,(H,23,26)(H,24,25)/t18-/m0/s1. The van der Waals surface area contributed by atoms with Gasteiger partial charge in [-0.25, -0.2) is 0 Å². The number of anilines is 1. The van der Waals surface area contributed by atoms with Gasteiger partial charge in [0.2, 0.25) is 5.91 Å². The Bertz CT molecular complexity index is 835. The summed E-state index contributed by atoms with van der Waals surface area (Å²) in [5.74, 6) is -0.793. The van der Waals surface area contributed by atoms with E-state index in [9.17, 15) is 9.59 Å². The van der Waals surface area contributed by atoms with Crippen molar-refractivity contribution >= 4 is 40.7 Å². The summed E-state index contributed by atoms with van der Waals surface area (Å²) in [7, 11) is 0. The number of carbonyl (C=O) groups excluding carboxylic acids is 2. The first-order valence-electron chi connectivity index (χ1n) is 8.33. The van der Waals surface area contributed by atoms with E-state index in [0.29, 0.717) is 10.7 Å². The van der Waals surface area contributed by atoms with Gasteiger partial charge in [-0.05, 0) is 61.2 Å². The average Bonchev–Trinajstić information content (AvgIpc) is 2.55. The monoisotopic (exact) mass is 392 g/mol. The van der Waals surface area contributed by atoms with Crippen molar-refractivity contribution in [3.63, 3.8) is 0 Å². The molecular formula is C20H22Cl2N2O2. The molecule has 0 saturated carbocycles. The van der Waals surface area contributed by atoms with Crippen molar-refractivity contribution in [2.45, 2.75) is 33.7 Å². The van der Waals surface area contributed by atoms with E-state index in [1.807, 2.05) is 45.9 Å². The molecule has 2 amide bonds. The first-order valence-corrected chi connectivity index (χ1v) is 9.08. The highest BCUT2D eigenvalue weighted by Crippen LogP contribution is 2.21. The predicted molar refractivity (Wildman–Crippen MR) is 107 cm³/mol. The van der Waals surface area contributed by atoms with E-state index in [2.05, 4.69) is 10.6 Å². The van der Waals surface area contributed by atoms with E-state index in [0.717, 1.165) is 11.1 Å². The number of amides is 2. The molecule has 0 saturated heterocycles. The van der Waals surface area contributed by atoms with Crippen molar-refractivity contribution < 1.29 is 9.59 Å². The van der Waals surface area contributed by atoms with Crippen molar-refractivity contribution in [3.8, 4) is 0 Å². The van der Waals surface area contributed by atoms with Crippen LogP contribution < -0.4 is 10.6 Å². The van der Waals surface area contributed by atoms with E-state index < -0.39 is 11.9 Å². The lowest BCUT2D eigenvalue weighted by atomic mass is 10.0. The molecule has 2 N–H and O–H groups in total. The Hall–Kier alpha value is -2.04. The molecule has 2 aromatic rings. The maximum atomic E-state index is 12.7. The van der Waals surface area contributed by atoms with Crippen LogP contribution in [0.1, 0.15) is 35.3 Å². The fourth-order valence-electron chi connectivity index (χ4n) is 2.47. The second-order valence-corrected chi connectivity index (χ2v) is 7.45. The van der Waals surface area contributed by atoms with Gasteiger partial charge in [-0.1, -0.05) is 43.1 Å². The number of halogens is 2. The molecule has 0 aliphatic carbocycles. The largest absolute Gasteiger partial charge is 0.340 e. The van der Waals surface area contributed by atoms with E-state index in [4.69, 9.17) is 23.2 Å². The number of aryl methyl sites for hydroxylation is 2. The molecule has 1 atom stereocenters. The fourth-order valence-corrected chi connectivity index (χ4v) is 2.96. The van der Waals surface area contributed by atoms with Crippen molar-refractivity contribution in [1.29, 1.82) is 0 Å². The van der Waals surface area contributed by atoms with Gasteiger partial charge in [0.05, 0.1) is 10.6 Å². The van der Waals surface area contributed by atoms with Gasteiger partial charge in [0.25, 0.3) is 5.91 Å². The van der Waals surface area contributed by atoms with Gasteiger partial charge in [-0.2, -0.15) is 0 Å². The van der Waals surface area contributed by atoms with Gasteiger partial charge in [0, 0.05) is 10.7 Å². The highest BCUT2D eigenvalue weighted by Gasteiger charge is 2.25. The molecule has 2 rings (SSSR count). The molecule has 0 heterocycles. The summed E-state index contributed by atoms with van der Waals surface area (Å²) in [6.45, 7) is 7.73. The summed E-state index contributed by atoms with van der Waals surface area (Å²) in [5, 5.41) is 6.31. The van der Waals surface area contributed by atoms with Crippen molar-refractivity contribution in [2.24, 2.45) is 5.92 Å². The smallest absolute Gasteiger partial charge is 0.253 e. The second-order valence-electron chi connectivity index (χ2n) is 6.61. The van der Waals surface area contributed by atoms with E-state index in [-0.39, 0.29) is 22.4 Å². The van der Waals surface area contributed by atoms with Gasteiger partial charge in [-0.15, -0.1) is 0 Å².